The predicted octanol–water partition coefficient (Wildman–Crippen LogP) is 0.154. The molecule has 3 rings (SSSR count). The van der Waals surface area contributed by atoms with E-state index in [-0.39, 0.29) is 11.6 Å². The molecule has 2 saturated heterocycles. The van der Waals surface area contributed by atoms with E-state index in [2.05, 4.69) is 19.6 Å². The Balaban J connectivity index is 1.68. The fourth-order valence-corrected chi connectivity index (χ4v) is 3.99. The van der Waals surface area contributed by atoms with E-state index in [0.717, 1.165) is 19.4 Å². The topological polar surface area (TPSA) is 84.4 Å². The Morgan fingerprint density at radius 3 is 2.90 bits per heavy atom. The van der Waals surface area contributed by atoms with Crippen LogP contribution in [0.25, 0.3) is 0 Å². The molecule has 116 valence electrons. The van der Waals surface area contributed by atoms with Crippen LogP contribution in [-0.2, 0) is 14.8 Å². The molecule has 0 aromatic carbocycles. The van der Waals surface area contributed by atoms with Gasteiger partial charge in [-0.25, -0.2) is 23.1 Å². The SMILES string of the molecule is CS(=O)(=O)N[C@@H]1CCO[C@]2(CCN(c3ncccn3)C2)C1. The van der Waals surface area contributed by atoms with Gasteiger partial charge in [-0.2, -0.15) is 0 Å². The maximum Gasteiger partial charge on any atom is 0.225 e. The summed E-state index contributed by atoms with van der Waals surface area (Å²) in [5.74, 6) is 0.705. The van der Waals surface area contributed by atoms with Gasteiger partial charge in [0.2, 0.25) is 16.0 Å². The first-order valence-electron chi connectivity index (χ1n) is 7.09. The Morgan fingerprint density at radius 2 is 2.19 bits per heavy atom. The Bertz CT molecular complexity index is 595. The molecule has 2 fully saturated rings. The molecule has 2 atom stereocenters. The summed E-state index contributed by atoms with van der Waals surface area (Å²) in [6.45, 7) is 2.12. The summed E-state index contributed by atoms with van der Waals surface area (Å²) in [7, 11) is -3.18. The van der Waals surface area contributed by atoms with Crippen molar-refractivity contribution >= 4 is 16.0 Å². The summed E-state index contributed by atoms with van der Waals surface area (Å²) in [6, 6.07) is 1.74. The van der Waals surface area contributed by atoms with Crippen molar-refractivity contribution in [1.82, 2.24) is 14.7 Å². The van der Waals surface area contributed by atoms with Gasteiger partial charge in [-0.05, 0) is 25.3 Å². The van der Waals surface area contributed by atoms with E-state index in [9.17, 15) is 8.42 Å². The van der Waals surface area contributed by atoms with Crippen LogP contribution in [0.3, 0.4) is 0 Å². The van der Waals surface area contributed by atoms with Crippen molar-refractivity contribution in [2.45, 2.75) is 30.9 Å². The normalized spacial score (nSPS) is 30.0. The van der Waals surface area contributed by atoms with Gasteiger partial charge in [0, 0.05) is 38.1 Å². The highest BCUT2D eigenvalue weighted by atomic mass is 32.2. The van der Waals surface area contributed by atoms with Gasteiger partial charge >= 0.3 is 0 Å². The van der Waals surface area contributed by atoms with Crippen LogP contribution in [-0.4, -0.2) is 56.0 Å². The van der Waals surface area contributed by atoms with Gasteiger partial charge in [0.1, 0.15) is 0 Å². The lowest BCUT2D eigenvalue weighted by Crippen LogP contribution is -2.49. The van der Waals surface area contributed by atoms with Crippen LogP contribution < -0.4 is 9.62 Å². The molecule has 0 unspecified atom stereocenters. The number of aromatic nitrogens is 2. The van der Waals surface area contributed by atoms with Gasteiger partial charge in [-0.15, -0.1) is 0 Å². The lowest BCUT2D eigenvalue weighted by atomic mass is 9.90. The van der Waals surface area contributed by atoms with Crippen molar-refractivity contribution in [2.75, 3.05) is 30.9 Å². The number of nitrogens with zero attached hydrogens (tertiary/aromatic N) is 3. The Labute approximate surface area is 124 Å². The number of sulfonamides is 1. The first kappa shape index (κ1) is 14.7. The molecule has 1 aromatic heterocycles. The molecule has 7 nitrogen and oxygen atoms in total. The zero-order valence-electron chi connectivity index (χ0n) is 12.0. The molecular formula is C13H20N4O3S. The molecule has 0 bridgehead atoms. The van der Waals surface area contributed by atoms with Crippen LogP contribution >= 0.6 is 0 Å². The molecule has 0 saturated carbocycles. The minimum atomic E-state index is -3.18. The summed E-state index contributed by atoms with van der Waals surface area (Å²) in [5, 5.41) is 0. The van der Waals surface area contributed by atoms with Crippen LogP contribution in [0.15, 0.2) is 18.5 Å². The lowest BCUT2D eigenvalue weighted by molar-refractivity contribution is -0.0706. The van der Waals surface area contributed by atoms with Gasteiger partial charge in [-0.3, -0.25) is 0 Å². The van der Waals surface area contributed by atoms with Crippen molar-refractivity contribution in [1.29, 1.82) is 0 Å². The van der Waals surface area contributed by atoms with E-state index in [1.54, 1.807) is 18.5 Å². The largest absolute Gasteiger partial charge is 0.373 e. The maximum atomic E-state index is 11.4. The summed E-state index contributed by atoms with van der Waals surface area (Å²) < 4.78 is 31.5. The molecule has 3 heterocycles. The maximum absolute atomic E-state index is 11.4. The molecule has 21 heavy (non-hydrogen) atoms. The highest BCUT2D eigenvalue weighted by Crippen LogP contribution is 2.35. The lowest BCUT2D eigenvalue weighted by Gasteiger charge is -2.38. The van der Waals surface area contributed by atoms with E-state index in [1.807, 2.05) is 0 Å². The van der Waals surface area contributed by atoms with Crippen molar-refractivity contribution in [3.63, 3.8) is 0 Å². The highest BCUT2D eigenvalue weighted by molar-refractivity contribution is 7.88. The standard InChI is InChI=1S/C13H20N4O3S/c1-21(18,19)16-11-3-8-20-13(9-11)4-7-17(10-13)12-14-5-2-6-15-12/h2,5-6,11,16H,3-4,7-10H2,1H3/t11-,13-/m1/s1. The Kier molecular flexibility index (Phi) is 3.85. The van der Waals surface area contributed by atoms with Gasteiger partial charge < -0.3 is 9.64 Å². The molecule has 0 amide bonds. The predicted molar refractivity (Wildman–Crippen MR) is 78.5 cm³/mol. The van der Waals surface area contributed by atoms with Crippen molar-refractivity contribution in [3.05, 3.63) is 18.5 Å². The molecule has 0 aliphatic carbocycles. The van der Waals surface area contributed by atoms with Crippen molar-refractivity contribution < 1.29 is 13.2 Å². The fraction of sp³-hybridized carbons (Fsp3) is 0.692. The summed E-state index contributed by atoms with van der Waals surface area (Å²) in [5.41, 5.74) is -0.292. The number of hydrogen-bond donors (Lipinski definition) is 1. The van der Waals surface area contributed by atoms with Crippen LogP contribution in [0.1, 0.15) is 19.3 Å². The van der Waals surface area contributed by atoms with E-state index in [4.69, 9.17) is 4.74 Å². The highest BCUT2D eigenvalue weighted by Gasteiger charge is 2.44. The summed E-state index contributed by atoms with van der Waals surface area (Å²) in [4.78, 5) is 10.6. The van der Waals surface area contributed by atoms with Crippen LogP contribution in [0.5, 0.6) is 0 Å². The molecular weight excluding hydrogens is 292 g/mol. The molecule has 0 radical (unpaired) electrons. The fourth-order valence-electron chi connectivity index (χ4n) is 3.19. The third kappa shape index (κ3) is 3.50. The molecule has 1 N–H and O–H groups in total. The van der Waals surface area contributed by atoms with Crippen molar-refractivity contribution in [3.8, 4) is 0 Å². The number of ether oxygens (including phenoxy) is 1. The minimum Gasteiger partial charge on any atom is -0.373 e. The van der Waals surface area contributed by atoms with Crippen LogP contribution in [0.4, 0.5) is 5.95 Å². The average molecular weight is 312 g/mol. The first-order valence-corrected chi connectivity index (χ1v) is 8.98. The summed E-state index contributed by atoms with van der Waals surface area (Å²) >= 11 is 0. The minimum absolute atomic E-state index is 0.0506. The average Bonchev–Trinajstić information content (AvgIpc) is 2.81. The van der Waals surface area contributed by atoms with Gasteiger partial charge in [0.05, 0.1) is 11.9 Å². The smallest absolute Gasteiger partial charge is 0.225 e. The number of rotatable bonds is 3. The zero-order valence-corrected chi connectivity index (χ0v) is 12.8. The van der Waals surface area contributed by atoms with Crippen LogP contribution in [0.2, 0.25) is 0 Å². The van der Waals surface area contributed by atoms with E-state index < -0.39 is 10.0 Å². The molecule has 8 heteroatoms. The third-order valence-corrected chi connectivity index (χ3v) is 4.79. The quantitative estimate of drug-likeness (QED) is 0.855. The second kappa shape index (κ2) is 5.51. The Hall–Kier alpha value is -1.25. The number of anilines is 1. The molecule has 1 aromatic rings. The van der Waals surface area contributed by atoms with E-state index >= 15 is 0 Å². The summed E-state index contributed by atoms with van der Waals surface area (Å²) in [6.07, 6.45) is 6.94. The number of nitrogens with one attached hydrogen (secondary N) is 1. The molecule has 2 aliphatic rings. The van der Waals surface area contributed by atoms with E-state index in [1.165, 1.54) is 6.26 Å². The second-order valence-corrected chi connectivity index (χ2v) is 7.61. The number of hydrogen-bond acceptors (Lipinski definition) is 6. The van der Waals surface area contributed by atoms with Gasteiger partial charge in [0.15, 0.2) is 0 Å². The van der Waals surface area contributed by atoms with Gasteiger partial charge in [-0.1, -0.05) is 0 Å². The van der Waals surface area contributed by atoms with E-state index in [0.29, 0.717) is 25.5 Å². The third-order valence-electron chi connectivity index (χ3n) is 4.03. The second-order valence-electron chi connectivity index (χ2n) is 5.83. The molecule has 2 aliphatic heterocycles. The van der Waals surface area contributed by atoms with Crippen LogP contribution in [0, 0.1) is 0 Å². The monoisotopic (exact) mass is 312 g/mol. The van der Waals surface area contributed by atoms with Crippen molar-refractivity contribution in [2.24, 2.45) is 0 Å². The Morgan fingerprint density at radius 1 is 1.43 bits per heavy atom. The first-order chi connectivity index (χ1) is 9.96. The zero-order chi connectivity index (χ0) is 14.9. The molecule has 1 spiro atoms. The van der Waals surface area contributed by atoms with Gasteiger partial charge in [0.25, 0.3) is 0 Å².